The van der Waals surface area contributed by atoms with Crippen LogP contribution in [0, 0.1) is 23.2 Å². The molecule has 2 aromatic heterocycles. The van der Waals surface area contributed by atoms with Gasteiger partial charge in [0.2, 0.25) is 5.91 Å². The zero-order valence-electron chi connectivity index (χ0n) is 20.9. The third-order valence-electron chi connectivity index (χ3n) is 7.69. The lowest BCUT2D eigenvalue weighted by Crippen LogP contribution is -2.66. The van der Waals surface area contributed by atoms with Gasteiger partial charge in [-0.2, -0.15) is 5.26 Å². The number of nitriles is 1. The number of carbonyl (C=O) groups excluding carboxylic acids is 3. The summed E-state index contributed by atoms with van der Waals surface area (Å²) < 4.78 is 0. The molecule has 0 bridgehead atoms. The predicted octanol–water partition coefficient (Wildman–Crippen LogP) is 0.778. The SMILES string of the molecule is C[C@@H](C(=O)Nc1cncc(-c2ccc(N3CC4CC4C3)nc2)n1)N1C=NC2C1C(=O)N(CC#N)C(=O)N2C. The smallest absolute Gasteiger partial charge is 0.329 e. The lowest BCUT2D eigenvalue weighted by atomic mass is 10.1. The molecule has 4 amide bonds. The molecule has 5 heterocycles. The van der Waals surface area contributed by atoms with Crippen LogP contribution < -0.4 is 10.2 Å². The van der Waals surface area contributed by atoms with E-state index in [2.05, 4.69) is 30.2 Å². The van der Waals surface area contributed by atoms with Gasteiger partial charge in [0.05, 0.1) is 30.5 Å². The van der Waals surface area contributed by atoms with Crippen LogP contribution in [0.1, 0.15) is 13.3 Å². The zero-order valence-corrected chi connectivity index (χ0v) is 20.9. The summed E-state index contributed by atoms with van der Waals surface area (Å²) in [7, 11) is 1.51. The van der Waals surface area contributed by atoms with Gasteiger partial charge in [-0.05, 0) is 37.3 Å². The number of aromatic nitrogens is 3. The average Bonchev–Trinajstić information content (AvgIpc) is 3.32. The number of imide groups is 1. The third kappa shape index (κ3) is 3.98. The maximum Gasteiger partial charge on any atom is 0.329 e. The van der Waals surface area contributed by atoms with E-state index >= 15 is 0 Å². The number of piperidine rings is 1. The summed E-state index contributed by atoms with van der Waals surface area (Å²) >= 11 is 0. The van der Waals surface area contributed by atoms with Gasteiger partial charge in [0.15, 0.2) is 18.0 Å². The number of anilines is 2. The summed E-state index contributed by atoms with van der Waals surface area (Å²) in [4.78, 5) is 62.2. The van der Waals surface area contributed by atoms with Gasteiger partial charge in [0.1, 0.15) is 18.4 Å². The van der Waals surface area contributed by atoms with Crippen LogP contribution in [0.25, 0.3) is 11.3 Å². The number of likely N-dealkylation sites (N-methyl/N-ethyl adjacent to an activating group) is 1. The van der Waals surface area contributed by atoms with Crippen LogP contribution in [0.3, 0.4) is 0 Å². The van der Waals surface area contributed by atoms with Crippen LogP contribution in [0.4, 0.5) is 16.4 Å². The van der Waals surface area contributed by atoms with E-state index in [1.165, 1.54) is 35.8 Å². The Bertz CT molecular complexity index is 1360. The van der Waals surface area contributed by atoms with Crippen molar-refractivity contribution in [1.82, 2.24) is 29.7 Å². The van der Waals surface area contributed by atoms with Gasteiger partial charge in [-0.3, -0.25) is 14.6 Å². The van der Waals surface area contributed by atoms with Crippen molar-refractivity contribution in [2.45, 2.75) is 31.6 Å². The minimum absolute atomic E-state index is 0.254. The highest BCUT2D eigenvalue weighted by Crippen LogP contribution is 2.46. The van der Waals surface area contributed by atoms with E-state index in [1.54, 1.807) is 19.3 Å². The fraction of sp³-hybridized carbons (Fsp3) is 0.440. The van der Waals surface area contributed by atoms with Gasteiger partial charge < -0.3 is 20.0 Å². The van der Waals surface area contributed by atoms with E-state index in [1.807, 2.05) is 18.2 Å². The van der Waals surface area contributed by atoms with E-state index in [-0.39, 0.29) is 12.4 Å². The molecule has 2 aromatic rings. The molecule has 3 fully saturated rings. The highest BCUT2D eigenvalue weighted by Gasteiger charge is 2.51. The Labute approximate surface area is 218 Å². The molecule has 0 aromatic carbocycles. The first-order valence-corrected chi connectivity index (χ1v) is 12.5. The van der Waals surface area contributed by atoms with Crippen LogP contribution in [0.2, 0.25) is 0 Å². The molecule has 2 saturated heterocycles. The molecular formula is C25H26N10O3. The fourth-order valence-electron chi connectivity index (χ4n) is 5.38. The summed E-state index contributed by atoms with van der Waals surface area (Å²) in [5, 5.41) is 11.8. The Hall–Kier alpha value is -4.60. The monoisotopic (exact) mass is 514 g/mol. The Kier molecular flexibility index (Phi) is 5.67. The quantitative estimate of drug-likeness (QED) is 0.551. The number of nitrogens with zero attached hydrogens (tertiary/aromatic N) is 9. The van der Waals surface area contributed by atoms with Crippen molar-refractivity contribution in [3.8, 4) is 17.3 Å². The van der Waals surface area contributed by atoms with Gasteiger partial charge in [0, 0.05) is 31.9 Å². The largest absolute Gasteiger partial charge is 0.356 e. The van der Waals surface area contributed by atoms with Crippen LogP contribution in [-0.4, -0.2) is 98.8 Å². The van der Waals surface area contributed by atoms with Crippen LogP contribution in [-0.2, 0) is 9.59 Å². The van der Waals surface area contributed by atoms with Crippen LogP contribution in [0.15, 0.2) is 35.7 Å². The molecule has 3 aliphatic heterocycles. The molecule has 6 rings (SSSR count). The molecule has 0 radical (unpaired) electrons. The van der Waals surface area contributed by atoms with Crippen molar-refractivity contribution in [1.29, 1.82) is 5.26 Å². The molecule has 4 unspecified atom stereocenters. The van der Waals surface area contributed by atoms with Crippen molar-refractivity contribution in [2.24, 2.45) is 16.8 Å². The Morgan fingerprint density at radius 2 is 2.00 bits per heavy atom. The van der Waals surface area contributed by atoms with Crippen molar-refractivity contribution in [3.05, 3.63) is 30.7 Å². The first-order valence-electron chi connectivity index (χ1n) is 12.5. The summed E-state index contributed by atoms with van der Waals surface area (Å²) in [5.41, 5.74) is 1.35. The second kappa shape index (κ2) is 9.05. The molecule has 5 atom stereocenters. The summed E-state index contributed by atoms with van der Waals surface area (Å²) in [6.45, 7) is 3.38. The number of nitrogens with one attached hydrogen (secondary N) is 1. The topological polar surface area (TPSA) is 151 Å². The Morgan fingerprint density at radius 3 is 2.71 bits per heavy atom. The van der Waals surface area contributed by atoms with Gasteiger partial charge in [-0.1, -0.05) is 0 Å². The van der Waals surface area contributed by atoms with Gasteiger partial charge in [-0.15, -0.1) is 0 Å². The van der Waals surface area contributed by atoms with E-state index in [4.69, 9.17) is 5.26 Å². The number of hydrogen-bond acceptors (Lipinski definition) is 10. The zero-order chi connectivity index (χ0) is 26.6. The average molecular weight is 515 g/mol. The maximum atomic E-state index is 13.1. The number of rotatable bonds is 6. The highest BCUT2D eigenvalue weighted by molar-refractivity contribution is 6.03. The fourth-order valence-corrected chi connectivity index (χ4v) is 5.38. The number of carbonyl (C=O) groups is 3. The Balaban J connectivity index is 1.14. The highest BCUT2D eigenvalue weighted by atomic mass is 16.2. The molecule has 0 spiro atoms. The van der Waals surface area contributed by atoms with Crippen molar-refractivity contribution >= 4 is 35.8 Å². The molecule has 38 heavy (non-hydrogen) atoms. The summed E-state index contributed by atoms with van der Waals surface area (Å²) in [6.07, 6.45) is 6.77. The first kappa shape index (κ1) is 23.8. The van der Waals surface area contributed by atoms with Crippen molar-refractivity contribution < 1.29 is 14.4 Å². The first-order chi connectivity index (χ1) is 18.4. The van der Waals surface area contributed by atoms with E-state index < -0.39 is 36.1 Å². The van der Waals surface area contributed by atoms with Gasteiger partial charge >= 0.3 is 6.03 Å². The second-order valence-electron chi connectivity index (χ2n) is 10.1. The maximum absolute atomic E-state index is 13.1. The van der Waals surface area contributed by atoms with Gasteiger partial charge in [0.25, 0.3) is 5.91 Å². The molecule has 1 N–H and O–H groups in total. The van der Waals surface area contributed by atoms with E-state index in [9.17, 15) is 14.4 Å². The van der Waals surface area contributed by atoms with Crippen molar-refractivity contribution in [2.75, 3.05) is 36.9 Å². The lowest BCUT2D eigenvalue weighted by Gasteiger charge is -2.41. The van der Waals surface area contributed by atoms with Crippen LogP contribution in [0.5, 0.6) is 0 Å². The molecule has 13 nitrogen and oxygen atoms in total. The molecule has 194 valence electrons. The molecule has 13 heteroatoms. The second-order valence-corrected chi connectivity index (χ2v) is 10.1. The standard InChI is InChI=1S/C25H26N10O3/c1-14(35-13-29-22-21(35)24(37)34(6-5-26)25(38)32(22)2)23(36)31-19-10-27-9-18(30-19)15-3-4-20(28-8-15)33-11-16-7-17(16)12-33/h3-4,8-10,13-14,16-17,21-22H,6-7,11-12H2,1-2H3,(H,30,31,36)/t14-,16?,17?,21?,22?/m0/s1. The molecular weight excluding hydrogens is 488 g/mol. The molecule has 4 aliphatic rings. The number of pyridine rings is 1. The predicted molar refractivity (Wildman–Crippen MR) is 136 cm³/mol. The number of urea groups is 1. The third-order valence-corrected chi connectivity index (χ3v) is 7.69. The number of fused-ring (bicyclic) bond motifs is 2. The van der Waals surface area contributed by atoms with E-state index in [0.717, 1.165) is 41.2 Å². The number of aliphatic imine (C=N–C) groups is 1. The van der Waals surface area contributed by atoms with Crippen molar-refractivity contribution in [3.63, 3.8) is 0 Å². The summed E-state index contributed by atoms with van der Waals surface area (Å²) in [5.74, 6) is 1.85. The van der Waals surface area contributed by atoms with Crippen LogP contribution >= 0.6 is 0 Å². The molecule has 1 aliphatic carbocycles. The minimum Gasteiger partial charge on any atom is -0.356 e. The normalized spacial score (nSPS) is 26.2. The number of hydrogen-bond donors (Lipinski definition) is 1. The summed E-state index contributed by atoms with van der Waals surface area (Å²) in [6, 6.07) is 3.44. The minimum atomic E-state index is -0.907. The van der Waals surface area contributed by atoms with Gasteiger partial charge in [-0.25, -0.2) is 24.7 Å². The van der Waals surface area contributed by atoms with E-state index in [0.29, 0.717) is 5.69 Å². The molecule has 1 saturated carbocycles. The Morgan fingerprint density at radius 1 is 1.21 bits per heavy atom. The number of amides is 4. The lowest BCUT2D eigenvalue weighted by molar-refractivity contribution is -0.138.